The van der Waals surface area contributed by atoms with E-state index in [1.54, 1.807) is 6.07 Å². The van der Waals surface area contributed by atoms with Crippen LogP contribution in [0.2, 0.25) is 25.4 Å². The first-order chi connectivity index (χ1) is 8.47. The van der Waals surface area contributed by atoms with Crippen molar-refractivity contribution in [3.05, 3.63) is 43.7 Å². The van der Waals surface area contributed by atoms with Crippen molar-refractivity contribution < 1.29 is 0 Å². The van der Waals surface area contributed by atoms with E-state index < -0.39 is 0 Å². The molecule has 0 radical (unpaired) electrons. The summed E-state index contributed by atoms with van der Waals surface area (Å²) in [6, 6.07) is 3.09. The summed E-state index contributed by atoms with van der Waals surface area (Å²) in [5.41, 5.74) is 0.516. The lowest BCUT2D eigenvalue weighted by Crippen LogP contribution is -1.97. The molecule has 1 N–H and O–H groups in total. The summed E-state index contributed by atoms with van der Waals surface area (Å²) in [6.45, 7) is 0. The fourth-order valence-electron chi connectivity index (χ4n) is 1.18. The first-order valence-electron chi connectivity index (χ1n) is 4.57. The van der Waals surface area contributed by atoms with Crippen LogP contribution >= 0.6 is 58.0 Å². The van der Waals surface area contributed by atoms with E-state index in [0.29, 0.717) is 31.6 Å². The first-order valence-corrected chi connectivity index (χ1v) is 6.46. The molecule has 18 heavy (non-hydrogen) atoms. The van der Waals surface area contributed by atoms with Crippen LogP contribution in [0.4, 0.5) is 11.5 Å². The normalized spacial score (nSPS) is 10.5. The van der Waals surface area contributed by atoms with Crippen molar-refractivity contribution in [1.29, 1.82) is 0 Å². The van der Waals surface area contributed by atoms with Crippen LogP contribution in [0.5, 0.6) is 0 Å². The Morgan fingerprint density at radius 3 is 2.22 bits per heavy atom. The second kappa shape index (κ2) is 5.68. The van der Waals surface area contributed by atoms with E-state index in [9.17, 15) is 0 Å². The largest absolute Gasteiger partial charge is 0.338 e. The summed E-state index contributed by atoms with van der Waals surface area (Å²) < 4.78 is 0. The SMILES string of the molecule is Clc1ncc(Cl)c(Nc2cc(Cl)c(Cl)cc2Cl)n1. The monoisotopic (exact) mass is 341 g/mol. The number of hydrogen-bond acceptors (Lipinski definition) is 3. The van der Waals surface area contributed by atoms with Gasteiger partial charge in [-0.25, -0.2) is 4.98 Å². The minimum absolute atomic E-state index is 0.0677. The number of halogens is 5. The van der Waals surface area contributed by atoms with Gasteiger partial charge in [-0.15, -0.1) is 0 Å². The second-order valence-electron chi connectivity index (χ2n) is 3.21. The maximum absolute atomic E-state index is 6.02. The molecule has 0 saturated heterocycles. The van der Waals surface area contributed by atoms with Gasteiger partial charge < -0.3 is 5.32 Å². The highest BCUT2D eigenvalue weighted by molar-refractivity contribution is 6.44. The van der Waals surface area contributed by atoms with Crippen LogP contribution in [-0.4, -0.2) is 9.97 Å². The molecule has 1 aromatic carbocycles. The number of anilines is 2. The number of aromatic nitrogens is 2. The third-order valence-corrected chi connectivity index (χ3v) is 3.47. The molecule has 3 nitrogen and oxygen atoms in total. The molecule has 0 bridgehead atoms. The van der Waals surface area contributed by atoms with Gasteiger partial charge in [-0.2, -0.15) is 4.98 Å². The van der Waals surface area contributed by atoms with Crippen LogP contribution in [0, 0.1) is 0 Å². The van der Waals surface area contributed by atoms with E-state index in [-0.39, 0.29) is 5.28 Å². The van der Waals surface area contributed by atoms with Gasteiger partial charge in [0, 0.05) is 0 Å². The van der Waals surface area contributed by atoms with Gasteiger partial charge in [0.25, 0.3) is 0 Å². The molecular formula is C10H4Cl5N3. The fraction of sp³-hybridized carbons (Fsp3) is 0. The van der Waals surface area contributed by atoms with Crippen molar-refractivity contribution >= 4 is 69.5 Å². The summed E-state index contributed by atoms with van der Waals surface area (Å²) >= 11 is 29.3. The Balaban J connectivity index is 2.40. The molecule has 0 fully saturated rings. The smallest absolute Gasteiger partial charge is 0.224 e. The Hall–Kier alpha value is -0.450. The molecule has 0 unspecified atom stereocenters. The molecule has 0 spiro atoms. The molecule has 2 rings (SSSR count). The third-order valence-electron chi connectivity index (χ3n) is 1.98. The minimum atomic E-state index is 0.0677. The van der Waals surface area contributed by atoms with Crippen LogP contribution in [0.15, 0.2) is 18.3 Å². The zero-order valence-electron chi connectivity index (χ0n) is 8.52. The Bertz CT molecular complexity index is 602. The zero-order chi connectivity index (χ0) is 13.3. The quantitative estimate of drug-likeness (QED) is 0.579. The topological polar surface area (TPSA) is 37.8 Å². The van der Waals surface area contributed by atoms with E-state index in [1.165, 1.54) is 12.3 Å². The van der Waals surface area contributed by atoms with Gasteiger partial charge in [0.05, 0.1) is 27.0 Å². The zero-order valence-corrected chi connectivity index (χ0v) is 12.3. The number of nitrogens with zero attached hydrogens (tertiary/aromatic N) is 2. The van der Waals surface area contributed by atoms with E-state index in [1.807, 2.05) is 0 Å². The van der Waals surface area contributed by atoms with Crippen LogP contribution in [0.1, 0.15) is 0 Å². The van der Waals surface area contributed by atoms with E-state index in [2.05, 4.69) is 15.3 Å². The van der Waals surface area contributed by atoms with E-state index in [4.69, 9.17) is 58.0 Å². The first kappa shape index (κ1) is 14.0. The molecular weight excluding hydrogens is 339 g/mol. The van der Waals surface area contributed by atoms with Gasteiger partial charge >= 0.3 is 0 Å². The lowest BCUT2D eigenvalue weighted by Gasteiger charge is -2.10. The molecule has 0 aliphatic carbocycles. The van der Waals surface area contributed by atoms with Crippen molar-refractivity contribution in [2.24, 2.45) is 0 Å². The summed E-state index contributed by atoms with van der Waals surface area (Å²) in [5.74, 6) is 0.331. The summed E-state index contributed by atoms with van der Waals surface area (Å²) in [7, 11) is 0. The van der Waals surface area contributed by atoms with Crippen molar-refractivity contribution in [3.8, 4) is 0 Å². The number of hydrogen-bond donors (Lipinski definition) is 1. The van der Waals surface area contributed by atoms with Crippen LogP contribution in [0.3, 0.4) is 0 Å². The van der Waals surface area contributed by atoms with Gasteiger partial charge in [0.2, 0.25) is 5.28 Å². The highest BCUT2D eigenvalue weighted by Gasteiger charge is 2.10. The lowest BCUT2D eigenvalue weighted by molar-refractivity contribution is 1.17. The van der Waals surface area contributed by atoms with Gasteiger partial charge in [0.15, 0.2) is 5.82 Å². The van der Waals surface area contributed by atoms with Gasteiger partial charge in [-0.3, -0.25) is 0 Å². The summed E-state index contributed by atoms with van der Waals surface area (Å²) in [5, 5.41) is 4.39. The van der Waals surface area contributed by atoms with Crippen molar-refractivity contribution in [2.45, 2.75) is 0 Å². The molecule has 0 saturated carbocycles. The Morgan fingerprint density at radius 1 is 0.833 bits per heavy atom. The van der Waals surface area contributed by atoms with Crippen LogP contribution in [-0.2, 0) is 0 Å². The molecule has 2 aromatic rings. The fourth-order valence-corrected chi connectivity index (χ4v) is 2.04. The molecule has 0 amide bonds. The van der Waals surface area contributed by atoms with Crippen molar-refractivity contribution in [3.63, 3.8) is 0 Å². The van der Waals surface area contributed by atoms with Crippen LogP contribution in [0.25, 0.3) is 0 Å². The van der Waals surface area contributed by atoms with Gasteiger partial charge in [0.1, 0.15) is 5.02 Å². The Morgan fingerprint density at radius 2 is 1.50 bits per heavy atom. The molecule has 0 aliphatic rings. The number of rotatable bonds is 2. The lowest BCUT2D eigenvalue weighted by atomic mass is 10.3. The van der Waals surface area contributed by atoms with Crippen molar-refractivity contribution in [1.82, 2.24) is 9.97 Å². The maximum Gasteiger partial charge on any atom is 0.224 e. The van der Waals surface area contributed by atoms with E-state index >= 15 is 0 Å². The summed E-state index contributed by atoms with van der Waals surface area (Å²) in [6.07, 6.45) is 1.38. The molecule has 94 valence electrons. The third kappa shape index (κ3) is 3.11. The highest BCUT2D eigenvalue weighted by atomic mass is 35.5. The number of benzene rings is 1. The molecule has 1 aromatic heterocycles. The average molecular weight is 343 g/mol. The molecule has 0 aliphatic heterocycles. The Labute approximate surface area is 128 Å². The van der Waals surface area contributed by atoms with Gasteiger partial charge in [-0.05, 0) is 23.7 Å². The maximum atomic E-state index is 6.02. The number of nitrogens with one attached hydrogen (secondary N) is 1. The predicted octanol–water partition coefficient (Wildman–Crippen LogP) is 5.49. The average Bonchev–Trinajstić information content (AvgIpc) is 2.30. The van der Waals surface area contributed by atoms with Crippen molar-refractivity contribution in [2.75, 3.05) is 5.32 Å². The highest BCUT2D eigenvalue weighted by Crippen LogP contribution is 2.34. The minimum Gasteiger partial charge on any atom is -0.338 e. The second-order valence-corrected chi connectivity index (χ2v) is 5.17. The van der Waals surface area contributed by atoms with E-state index in [0.717, 1.165) is 0 Å². The molecule has 0 atom stereocenters. The Kier molecular flexibility index (Phi) is 4.41. The van der Waals surface area contributed by atoms with Gasteiger partial charge in [-0.1, -0.05) is 46.4 Å². The molecule has 8 heteroatoms. The molecule has 1 heterocycles. The predicted molar refractivity (Wildman–Crippen MR) is 76.8 cm³/mol. The van der Waals surface area contributed by atoms with Crippen LogP contribution < -0.4 is 5.32 Å². The summed E-state index contributed by atoms with van der Waals surface area (Å²) in [4.78, 5) is 7.68. The standard InChI is InChI=1S/C10H4Cl5N3/c11-4-1-6(13)8(2-5(4)12)17-9-7(14)3-16-10(15)18-9/h1-3H,(H,16,17,18).